The summed E-state index contributed by atoms with van der Waals surface area (Å²) >= 11 is 0. The summed E-state index contributed by atoms with van der Waals surface area (Å²) in [6.45, 7) is 5.17. The molecule has 1 aliphatic heterocycles. The highest BCUT2D eigenvalue weighted by atomic mass is 19.1. The van der Waals surface area contributed by atoms with Crippen LogP contribution in [0.2, 0.25) is 0 Å². The second-order valence-electron chi connectivity index (χ2n) is 7.39. The highest BCUT2D eigenvalue weighted by molar-refractivity contribution is 5.43. The largest absolute Gasteiger partial charge is 0.493 e. The lowest BCUT2D eigenvalue weighted by Gasteiger charge is -2.18. The molecule has 1 saturated heterocycles. The number of hydrogen-bond donors (Lipinski definition) is 1. The van der Waals surface area contributed by atoms with E-state index in [1.54, 1.807) is 25.4 Å². The number of ether oxygens (including phenoxy) is 2. The van der Waals surface area contributed by atoms with Crippen LogP contribution in [-0.2, 0) is 6.54 Å². The lowest BCUT2D eigenvalue weighted by Crippen LogP contribution is -2.20. The minimum atomic E-state index is -0.205. The molecule has 0 bridgehead atoms. The van der Waals surface area contributed by atoms with Crippen molar-refractivity contribution in [3.05, 3.63) is 77.4 Å². The van der Waals surface area contributed by atoms with E-state index in [-0.39, 0.29) is 17.7 Å². The van der Waals surface area contributed by atoms with Crippen molar-refractivity contribution >= 4 is 0 Å². The Morgan fingerprint density at radius 2 is 1.86 bits per heavy atom. The third-order valence-electron chi connectivity index (χ3n) is 5.55. The van der Waals surface area contributed by atoms with E-state index in [1.807, 2.05) is 31.2 Å². The number of aromatic amines is 1. The van der Waals surface area contributed by atoms with Crippen LogP contribution < -0.4 is 9.47 Å². The van der Waals surface area contributed by atoms with Gasteiger partial charge >= 0.3 is 0 Å². The second kappa shape index (κ2) is 8.66. The number of methoxy groups -OCH3 is 1. The monoisotopic (exact) mass is 395 g/mol. The van der Waals surface area contributed by atoms with Gasteiger partial charge in [-0.05, 0) is 48.4 Å². The second-order valence-corrected chi connectivity index (χ2v) is 7.39. The molecule has 2 atom stereocenters. The van der Waals surface area contributed by atoms with E-state index < -0.39 is 0 Å². The third kappa shape index (κ3) is 4.27. The van der Waals surface area contributed by atoms with Crippen molar-refractivity contribution in [2.75, 3.05) is 26.8 Å². The molecule has 29 heavy (non-hydrogen) atoms. The van der Waals surface area contributed by atoms with Crippen molar-refractivity contribution in [1.29, 1.82) is 0 Å². The Morgan fingerprint density at radius 3 is 2.55 bits per heavy atom. The van der Waals surface area contributed by atoms with Crippen LogP contribution in [0.5, 0.6) is 11.5 Å². The molecule has 2 heterocycles. The summed E-state index contributed by atoms with van der Waals surface area (Å²) < 4.78 is 24.5. The van der Waals surface area contributed by atoms with E-state index in [1.165, 1.54) is 5.56 Å². The number of nitrogens with zero attached hydrogens (tertiary/aromatic N) is 2. The molecule has 0 amide bonds. The van der Waals surface area contributed by atoms with Crippen molar-refractivity contribution < 1.29 is 13.9 Å². The van der Waals surface area contributed by atoms with E-state index in [9.17, 15) is 4.39 Å². The fraction of sp³-hybridized carbons (Fsp3) is 0.348. The molecular weight excluding hydrogens is 369 g/mol. The number of hydrogen-bond acceptors (Lipinski definition) is 4. The van der Waals surface area contributed by atoms with Crippen molar-refractivity contribution in [1.82, 2.24) is 15.1 Å². The van der Waals surface area contributed by atoms with Crippen LogP contribution in [0.4, 0.5) is 4.39 Å². The molecule has 152 valence electrons. The number of halogens is 1. The zero-order valence-electron chi connectivity index (χ0n) is 16.8. The maximum atomic E-state index is 13.4. The van der Waals surface area contributed by atoms with Gasteiger partial charge in [0.25, 0.3) is 0 Å². The Morgan fingerprint density at radius 1 is 1.07 bits per heavy atom. The first kappa shape index (κ1) is 19.5. The first-order chi connectivity index (χ1) is 14.2. The van der Waals surface area contributed by atoms with Crippen LogP contribution in [0.1, 0.15) is 35.6 Å². The quantitative estimate of drug-likeness (QED) is 0.647. The smallest absolute Gasteiger partial charge is 0.161 e. The van der Waals surface area contributed by atoms with E-state index in [4.69, 9.17) is 9.47 Å². The molecule has 0 radical (unpaired) electrons. The predicted octanol–water partition coefficient (Wildman–Crippen LogP) is 4.34. The average molecular weight is 395 g/mol. The average Bonchev–Trinajstić information content (AvgIpc) is 3.39. The van der Waals surface area contributed by atoms with Crippen LogP contribution in [0.25, 0.3) is 0 Å². The minimum Gasteiger partial charge on any atom is -0.493 e. The van der Waals surface area contributed by atoms with Gasteiger partial charge in [-0.1, -0.05) is 18.2 Å². The van der Waals surface area contributed by atoms with Gasteiger partial charge in [0, 0.05) is 43.4 Å². The normalized spacial score (nSPS) is 19.4. The van der Waals surface area contributed by atoms with Gasteiger partial charge in [0.15, 0.2) is 11.5 Å². The summed E-state index contributed by atoms with van der Waals surface area (Å²) in [4.78, 5) is 2.43. The lowest BCUT2D eigenvalue weighted by atomic mass is 9.87. The molecule has 1 N–H and O–H groups in total. The molecule has 1 aromatic heterocycles. The maximum Gasteiger partial charge on any atom is 0.161 e. The van der Waals surface area contributed by atoms with Gasteiger partial charge in [0.2, 0.25) is 0 Å². The highest BCUT2D eigenvalue weighted by Gasteiger charge is 2.35. The van der Waals surface area contributed by atoms with Crippen LogP contribution in [0.15, 0.2) is 54.7 Å². The van der Waals surface area contributed by atoms with Gasteiger partial charge in [0.05, 0.1) is 13.7 Å². The third-order valence-corrected chi connectivity index (χ3v) is 5.55. The SMILES string of the molecule is CCOc1cc(CN2C[C@@H](c3ccc(F)cc3)[C@H](c3ccn[nH]3)C2)ccc1OC. The van der Waals surface area contributed by atoms with Crippen LogP contribution in [0, 0.1) is 5.82 Å². The van der Waals surface area contributed by atoms with E-state index >= 15 is 0 Å². The standard InChI is InChI=1S/C23H26FN3O2/c1-3-29-23-12-16(4-9-22(23)28-2)13-27-14-19(17-5-7-18(24)8-6-17)20(15-27)21-10-11-25-26-21/h4-12,19-20H,3,13-15H2,1-2H3,(H,25,26)/t19-,20+/m0/s1. The topological polar surface area (TPSA) is 50.4 Å². The van der Waals surface area contributed by atoms with E-state index in [2.05, 4.69) is 27.2 Å². The highest BCUT2D eigenvalue weighted by Crippen LogP contribution is 2.40. The van der Waals surface area contributed by atoms with E-state index in [0.717, 1.165) is 42.4 Å². The summed E-state index contributed by atoms with van der Waals surface area (Å²) in [6.07, 6.45) is 1.79. The number of aromatic nitrogens is 2. The Labute approximate surface area is 170 Å². The van der Waals surface area contributed by atoms with Crippen molar-refractivity contribution in [3.63, 3.8) is 0 Å². The number of likely N-dealkylation sites (tertiary alicyclic amines) is 1. The van der Waals surface area contributed by atoms with Gasteiger partial charge < -0.3 is 9.47 Å². The molecule has 2 aromatic carbocycles. The Kier molecular flexibility index (Phi) is 5.81. The molecule has 4 rings (SSSR count). The van der Waals surface area contributed by atoms with Crippen molar-refractivity contribution in [2.24, 2.45) is 0 Å². The predicted molar refractivity (Wildman–Crippen MR) is 110 cm³/mol. The van der Waals surface area contributed by atoms with Crippen molar-refractivity contribution in [3.8, 4) is 11.5 Å². The van der Waals surface area contributed by atoms with Gasteiger partial charge in [-0.15, -0.1) is 0 Å². The minimum absolute atomic E-state index is 0.205. The van der Waals surface area contributed by atoms with Crippen LogP contribution in [-0.4, -0.2) is 41.9 Å². The summed E-state index contributed by atoms with van der Waals surface area (Å²) in [6, 6.07) is 15.0. The van der Waals surface area contributed by atoms with Gasteiger partial charge in [-0.25, -0.2) is 4.39 Å². The molecular formula is C23H26FN3O2. The molecule has 0 unspecified atom stereocenters. The number of H-pyrrole nitrogens is 1. The van der Waals surface area contributed by atoms with Crippen molar-refractivity contribution in [2.45, 2.75) is 25.3 Å². The van der Waals surface area contributed by atoms with Gasteiger partial charge in [-0.2, -0.15) is 5.10 Å². The molecule has 0 spiro atoms. The van der Waals surface area contributed by atoms with Crippen LogP contribution >= 0.6 is 0 Å². The molecule has 0 saturated carbocycles. The fourth-order valence-electron chi connectivity index (χ4n) is 4.20. The van der Waals surface area contributed by atoms with E-state index in [0.29, 0.717) is 6.61 Å². The van der Waals surface area contributed by atoms with Gasteiger partial charge in [0.1, 0.15) is 5.82 Å². The Hall–Kier alpha value is -2.86. The molecule has 6 heteroatoms. The molecule has 3 aromatic rings. The molecule has 5 nitrogen and oxygen atoms in total. The maximum absolute atomic E-state index is 13.4. The summed E-state index contributed by atoms with van der Waals surface area (Å²) in [5.74, 6) is 1.88. The summed E-state index contributed by atoms with van der Waals surface area (Å²) in [5.41, 5.74) is 3.45. The fourth-order valence-corrected chi connectivity index (χ4v) is 4.20. The summed E-state index contributed by atoms with van der Waals surface area (Å²) in [5, 5.41) is 7.26. The first-order valence-corrected chi connectivity index (χ1v) is 9.94. The molecule has 0 aliphatic carbocycles. The number of rotatable bonds is 7. The zero-order valence-corrected chi connectivity index (χ0v) is 16.8. The Balaban J connectivity index is 1.56. The van der Waals surface area contributed by atoms with Crippen LogP contribution in [0.3, 0.4) is 0 Å². The number of benzene rings is 2. The number of nitrogens with one attached hydrogen (secondary N) is 1. The first-order valence-electron chi connectivity index (χ1n) is 9.94. The Bertz CT molecular complexity index is 928. The zero-order chi connectivity index (χ0) is 20.2. The lowest BCUT2D eigenvalue weighted by molar-refractivity contribution is 0.305. The molecule has 1 aliphatic rings. The van der Waals surface area contributed by atoms with Gasteiger partial charge in [-0.3, -0.25) is 10.00 Å². The molecule has 1 fully saturated rings. The summed E-state index contributed by atoms with van der Waals surface area (Å²) in [7, 11) is 1.65.